The molecule has 1 aromatic heterocycles. The highest BCUT2D eigenvalue weighted by Gasteiger charge is 2.11. The number of fused-ring (bicyclic) bond motifs is 1. The molecule has 0 aliphatic heterocycles. The molecule has 3 aromatic rings. The molecule has 1 heterocycles. The Morgan fingerprint density at radius 3 is 2.85 bits per heavy atom. The fourth-order valence-corrected chi connectivity index (χ4v) is 1.96. The van der Waals surface area contributed by atoms with Crippen LogP contribution >= 0.6 is 0 Å². The zero-order chi connectivity index (χ0) is 14.1. The van der Waals surface area contributed by atoms with Gasteiger partial charge in [0.2, 0.25) is 0 Å². The maximum atomic E-state index is 13.5. The first kappa shape index (κ1) is 12.3. The van der Waals surface area contributed by atoms with Crippen molar-refractivity contribution in [2.45, 2.75) is 6.92 Å². The molecule has 0 unspecified atom stereocenters. The average Bonchev–Trinajstić information content (AvgIpc) is 2.78. The van der Waals surface area contributed by atoms with E-state index in [4.69, 9.17) is 4.42 Å². The quantitative estimate of drug-likeness (QED) is 0.775. The van der Waals surface area contributed by atoms with Crippen molar-refractivity contribution in [1.82, 2.24) is 4.98 Å². The van der Waals surface area contributed by atoms with Crippen LogP contribution in [0.4, 0.5) is 10.1 Å². The number of amides is 1. The molecule has 0 radical (unpaired) electrons. The van der Waals surface area contributed by atoms with E-state index in [1.165, 1.54) is 18.2 Å². The molecule has 0 atom stereocenters. The molecule has 0 saturated heterocycles. The molecule has 0 aliphatic carbocycles. The first-order chi connectivity index (χ1) is 9.63. The maximum Gasteiger partial charge on any atom is 0.258 e. The number of nitrogens with one attached hydrogen (secondary N) is 1. The number of halogens is 1. The van der Waals surface area contributed by atoms with Crippen LogP contribution in [0.2, 0.25) is 0 Å². The van der Waals surface area contributed by atoms with Crippen molar-refractivity contribution in [3.8, 4) is 0 Å². The standard InChI is InChI=1S/C15H11FN2O2/c1-9-17-13-8-10(6-7-14(13)20-9)18-15(19)11-4-2-3-5-12(11)16/h2-8H,1H3,(H,18,19). The van der Waals surface area contributed by atoms with E-state index in [0.717, 1.165) is 0 Å². The molecule has 100 valence electrons. The van der Waals surface area contributed by atoms with Gasteiger partial charge in [0.15, 0.2) is 11.5 Å². The highest BCUT2D eigenvalue weighted by molar-refractivity contribution is 6.05. The summed E-state index contributed by atoms with van der Waals surface area (Å²) in [7, 11) is 0. The van der Waals surface area contributed by atoms with E-state index >= 15 is 0 Å². The maximum absolute atomic E-state index is 13.5. The first-order valence-corrected chi connectivity index (χ1v) is 6.06. The molecule has 1 amide bonds. The molecule has 0 fully saturated rings. The van der Waals surface area contributed by atoms with Crippen LogP contribution in [0, 0.1) is 12.7 Å². The van der Waals surface area contributed by atoms with Crippen LogP contribution in [0.15, 0.2) is 46.9 Å². The highest BCUT2D eigenvalue weighted by atomic mass is 19.1. The zero-order valence-electron chi connectivity index (χ0n) is 10.7. The van der Waals surface area contributed by atoms with E-state index in [2.05, 4.69) is 10.3 Å². The van der Waals surface area contributed by atoms with Crippen LogP contribution in [0.5, 0.6) is 0 Å². The van der Waals surface area contributed by atoms with Gasteiger partial charge in [-0.25, -0.2) is 9.37 Å². The van der Waals surface area contributed by atoms with Gasteiger partial charge in [0.1, 0.15) is 11.3 Å². The fraction of sp³-hybridized carbons (Fsp3) is 0.0667. The molecule has 3 rings (SSSR count). The average molecular weight is 270 g/mol. The number of anilines is 1. The van der Waals surface area contributed by atoms with Gasteiger partial charge in [-0.3, -0.25) is 4.79 Å². The topological polar surface area (TPSA) is 55.1 Å². The number of carbonyl (C=O) groups excluding carboxylic acids is 1. The molecule has 0 spiro atoms. The lowest BCUT2D eigenvalue weighted by Crippen LogP contribution is -2.13. The smallest absolute Gasteiger partial charge is 0.258 e. The van der Waals surface area contributed by atoms with Gasteiger partial charge >= 0.3 is 0 Å². The number of aromatic nitrogens is 1. The van der Waals surface area contributed by atoms with Gasteiger partial charge in [-0.2, -0.15) is 0 Å². The van der Waals surface area contributed by atoms with Crippen LogP contribution in [-0.2, 0) is 0 Å². The summed E-state index contributed by atoms with van der Waals surface area (Å²) in [6, 6.07) is 10.9. The SMILES string of the molecule is Cc1nc2cc(NC(=O)c3ccccc3F)ccc2o1. The summed E-state index contributed by atoms with van der Waals surface area (Å²) >= 11 is 0. The summed E-state index contributed by atoms with van der Waals surface area (Å²) in [5.41, 5.74) is 1.84. The number of rotatable bonds is 2. The first-order valence-electron chi connectivity index (χ1n) is 6.06. The summed E-state index contributed by atoms with van der Waals surface area (Å²) in [6.45, 7) is 1.75. The predicted octanol–water partition coefficient (Wildman–Crippen LogP) is 3.53. The lowest BCUT2D eigenvalue weighted by molar-refractivity contribution is 0.102. The van der Waals surface area contributed by atoms with Crippen molar-refractivity contribution in [2.75, 3.05) is 5.32 Å². The molecule has 2 aromatic carbocycles. The van der Waals surface area contributed by atoms with Crippen LogP contribution in [0.25, 0.3) is 11.1 Å². The molecule has 4 nitrogen and oxygen atoms in total. The summed E-state index contributed by atoms with van der Waals surface area (Å²) in [5, 5.41) is 2.64. The van der Waals surface area contributed by atoms with Crippen LogP contribution < -0.4 is 5.32 Å². The van der Waals surface area contributed by atoms with Crippen molar-refractivity contribution < 1.29 is 13.6 Å². The van der Waals surface area contributed by atoms with Gasteiger partial charge in [0.25, 0.3) is 5.91 Å². The minimum Gasteiger partial charge on any atom is -0.441 e. The van der Waals surface area contributed by atoms with Gasteiger partial charge in [0.05, 0.1) is 5.56 Å². The third-order valence-corrected chi connectivity index (χ3v) is 2.87. The fourth-order valence-electron chi connectivity index (χ4n) is 1.96. The third-order valence-electron chi connectivity index (χ3n) is 2.87. The number of hydrogen-bond acceptors (Lipinski definition) is 3. The van der Waals surface area contributed by atoms with Crippen molar-refractivity contribution in [2.24, 2.45) is 0 Å². The number of oxazole rings is 1. The van der Waals surface area contributed by atoms with Gasteiger partial charge in [-0.05, 0) is 30.3 Å². The van der Waals surface area contributed by atoms with E-state index in [-0.39, 0.29) is 5.56 Å². The van der Waals surface area contributed by atoms with Gasteiger partial charge in [0, 0.05) is 12.6 Å². The summed E-state index contributed by atoms with van der Waals surface area (Å²) < 4.78 is 18.9. The molecule has 1 N–H and O–H groups in total. The Labute approximate surface area is 114 Å². The molecule has 0 bridgehead atoms. The normalized spacial score (nSPS) is 10.7. The van der Waals surface area contributed by atoms with Crippen molar-refractivity contribution in [1.29, 1.82) is 0 Å². The lowest BCUT2D eigenvalue weighted by atomic mass is 10.2. The minimum atomic E-state index is -0.552. The summed E-state index contributed by atoms with van der Waals surface area (Å²) in [5.74, 6) is -0.497. The Balaban J connectivity index is 1.89. The van der Waals surface area contributed by atoms with Gasteiger partial charge in [-0.1, -0.05) is 12.1 Å². The second-order valence-electron chi connectivity index (χ2n) is 4.35. The molecule has 20 heavy (non-hydrogen) atoms. The van der Waals surface area contributed by atoms with Crippen molar-refractivity contribution >= 4 is 22.7 Å². The zero-order valence-corrected chi connectivity index (χ0v) is 10.7. The number of aryl methyl sites for hydroxylation is 1. The summed E-state index contributed by atoms with van der Waals surface area (Å²) in [4.78, 5) is 16.2. The second-order valence-corrected chi connectivity index (χ2v) is 4.35. The summed E-state index contributed by atoms with van der Waals surface area (Å²) in [6.07, 6.45) is 0. The van der Waals surface area contributed by atoms with E-state index in [1.54, 1.807) is 31.2 Å². The molecule has 0 aliphatic rings. The van der Waals surface area contributed by atoms with Gasteiger partial charge < -0.3 is 9.73 Å². The van der Waals surface area contributed by atoms with E-state index in [9.17, 15) is 9.18 Å². The molecule has 5 heteroatoms. The third kappa shape index (κ3) is 2.25. The predicted molar refractivity (Wildman–Crippen MR) is 73.1 cm³/mol. The molecular weight excluding hydrogens is 259 g/mol. The molecular formula is C15H11FN2O2. The monoisotopic (exact) mass is 270 g/mol. The number of nitrogens with zero attached hydrogens (tertiary/aromatic N) is 1. The van der Waals surface area contributed by atoms with E-state index < -0.39 is 11.7 Å². The van der Waals surface area contributed by atoms with Crippen molar-refractivity contribution in [3.05, 3.63) is 59.7 Å². The Morgan fingerprint density at radius 2 is 2.05 bits per heavy atom. The Hall–Kier alpha value is -2.69. The van der Waals surface area contributed by atoms with Gasteiger partial charge in [-0.15, -0.1) is 0 Å². The highest BCUT2D eigenvalue weighted by Crippen LogP contribution is 2.20. The second kappa shape index (κ2) is 4.77. The van der Waals surface area contributed by atoms with Crippen LogP contribution in [0.3, 0.4) is 0 Å². The Bertz CT molecular complexity index is 795. The molecule has 0 saturated carbocycles. The Morgan fingerprint density at radius 1 is 1.25 bits per heavy atom. The van der Waals surface area contributed by atoms with Crippen molar-refractivity contribution in [3.63, 3.8) is 0 Å². The largest absolute Gasteiger partial charge is 0.441 e. The van der Waals surface area contributed by atoms with Crippen LogP contribution in [0.1, 0.15) is 16.2 Å². The lowest BCUT2D eigenvalue weighted by Gasteiger charge is -2.05. The Kier molecular flexibility index (Phi) is 2.95. The minimum absolute atomic E-state index is 0.00364. The van der Waals surface area contributed by atoms with E-state index in [1.807, 2.05) is 0 Å². The number of carbonyl (C=O) groups is 1. The number of benzene rings is 2. The van der Waals surface area contributed by atoms with Crippen LogP contribution in [-0.4, -0.2) is 10.9 Å². The van der Waals surface area contributed by atoms with E-state index in [0.29, 0.717) is 22.7 Å². The number of hydrogen-bond donors (Lipinski definition) is 1.